The van der Waals surface area contributed by atoms with Crippen LogP contribution in [-0.2, 0) is 30.8 Å². The number of hydrogen-bond donors (Lipinski definition) is 0. The van der Waals surface area contributed by atoms with Gasteiger partial charge in [-0.05, 0) is 25.2 Å². The summed E-state index contributed by atoms with van der Waals surface area (Å²) in [4.78, 5) is 40.8. The molecule has 6 nitrogen and oxygen atoms in total. The molecule has 0 amide bonds. The second kappa shape index (κ2) is 19.8. The Labute approximate surface area is 168 Å². The Morgan fingerprint density at radius 2 is 0.760 bits per heavy atom. The molecule has 0 unspecified atom stereocenters. The van der Waals surface area contributed by atoms with Crippen molar-refractivity contribution in [3.05, 3.63) is 0 Å². The van der Waals surface area contributed by atoms with E-state index < -0.39 is 15.2 Å². The molecule has 0 aliphatic rings. The largest absolute Gasteiger partial charge is 4.00 e. The quantitative estimate of drug-likeness (QED) is 0.236. The zero-order valence-corrected chi connectivity index (χ0v) is 19.1. The Bertz CT molecular complexity index is 323. The predicted octanol–water partition coefficient (Wildman–Crippen LogP) is 2.52. The third-order valence-corrected chi connectivity index (χ3v) is 5.30. The van der Waals surface area contributed by atoms with Crippen LogP contribution in [0.3, 0.4) is 0 Å². The van der Waals surface area contributed by atoms with E-state index in [4.69, 9.17) is 0 Å². The molecular weight excluding hydrogens is 398 g/mol. The Hall–Kier alpha value is 1.01. The third-order valence-electron chi connectivity index (χ3n) is 3.57. The molecule has 148 valence electrons. The molecule has 0 radical (unpaired) electrons. The second-order valence-corrected chi connectivity index (χ2v) is 9.54. The fraction of sp³-hybridized carbons (Fsp3) is 1.00. The van der Waals surface area contributed by atoms with E-state index in [9.17, 15) is 28.7 Å². The molecular formula is C16H34O6P2Ti. The molecule has 0 aliphatic heterocycles. The molecule has 0 rings (SSSR count). The molecule has 0 spiro atoms. The van der Waals surface area contributed by atoms with Crippen LogP contribution >= 0.6 is 15.2 Å². The predicted molar refractivity (Wildman–Crippen MR) is 91.7 cm³/mol. The number of unbranched alkanes of at least 4 members (excludes halogenated alkanes) is 10. The first kappa shape index (κ1) is 30.7. The van der Waals surface area contributed by atoms with Crippen LogP contribution in [0.1, 0.15) is 90.9 Å². The van der Waals surface area contributed by atoms with Gasteiger partial charge in [-0.15, -0.1) is 0 Å². The van der Waals surface area contributed by atoms with Crippen molar-refractivity contribution >= 4 is 15.2 Å². The molecule has 0 saturated heterocycles. The summed E-state index contributed by atoms with van der Waals surface area (Å²) in [5, 5.41) is 0. The van der Waals surface area contributed by atoms with Crippen molar-refractivity contribution in [2.45, 2.75) is 90.9 Å². The van der Waals surface area contributed by atoms with Gasteiger partial charge in [0, 0.05) is 0 Å². The van der Waals surface area contributed by atoms with E-state index in [-0.39, 0.29) is 34.0 Å². The average molecular weight is 432 g/mol. The molecule has 0 fully saturated rings. The van der Waals surface area contributed by atoms with Crippen LogP contribution < -0.4 is 19.6 Å². The molecule has 0 aromatic rings. The van der Waals surface area contributed by atoms with Crippen molar-refractivity contribution < 1.29 is 50.4 Å². The molecule has 0 saturated carbocycles. The number of hydrogen-bond acceptors (Lipinski definition) is 6. The summed E-state index contributed by atoms with van der Waals surface area (Å²) in [5.74, 6) is 0. The SMILES string of the molecule is CCCCCCCCP(=O)([O-])[O-].CCCCCCCCP(=O)([O-])[O-].[Ti+4]. The van der Waals surface area contributed by atoms with Crippen molar-refractivity contribution in [1.82, 2.24) is 0 Å². The van der Waals surface area contributed by atoms with Gasteiger partial charge in [0.15, 0.2) is 0 Å². The molecule has 0 heterocycles. The van der Waals surface area contributed by atoms with Gasteiger partial charge >= 0.3 is 21.7 Å². The first-order valence-corrected chi connectivity index (χ1v) is 12.6. The zero-order chi connectivity index (χ0) is 18.9. The third kappa shape index (κ3) is 36.6. The van der Waals surface area contributed by atoms with Gasteiger partial charge in [-0.25, -0.2) is 0 Å². The molecule has 0 aliphatic carbocycles. The monoisotopic (exact) mass is 432 g/mol. The number of rotatable bonds is 14. The van der Waals surface area contributed by atoms with Crippen molar-refractivity contribution in [2.75, 3.05) is 12.3 Å². The summed E-state index contributed by atoms with van der Waals surface area (Å²) < 4.78 is 20.4. The fourth-order valence-electron chi connectivity index (χ4n) is 2.17. The van der Waals surface area contributed by atoms with Gasteiger partial charge in [0.1, 0.15) is 0 Å². The first-order chi connectivity index (χ1) is 11.1. The molecule has 0 N–H and O–H groups in total. The summed E-state index contributed by atoms with van der Waals surface area (Å²) in [7, 11) is -8.44. The Morgan fingerprint density at radius 3 is 1.00 bits per heavy atom. The topological polar surface area (TPSA) is 126 Å². The van der Waals surface area contributed by atoms with Gasteiger partial charge in [0.2, 0.25) is 0 Å². The first-order valence-electron chi connectivity index (χ1n) is 9.14. The summed E-state index contributed by atoms with van der Waals surface area (Å²) in [5.41, 5.74) is 0. The van der Waals surface area contributed by atoms with Crippen LogP contribution in [-0.4, -0.2) is 12.3 Å². The van der Waals surface area contributed by atoms with E-state index in [1.165, 1.54) is 25.7 Å². The minimum Gasteiger partial charge on any atom is -0.811 e. The summed E-state index contributed by atoms with van der Waals surface area (Å²) in [6.07, 6.45) is 11.6. The van der Waals surface area contributed by atoms with Crippen LogP contribution in [0, 0.1) is 0 Å². The fourth-order valence-corrected chi connectivity index (χ4v) is 3.39. The Morgan fingerprint density at radius 1 is 0.520 bits per heavy atom. The molecule has 0 aromatic carbocycles. The van der Waals surface area contributed by atoms with E-state index in [0.717, 1.165) is 38.5 Å². The van der Waals surface area contributed by atoms with Gasteiger partial charge in [-0.3, -0.25) is 0 Å². The maximum absolute atomic E-state index is 10.2. The molecule has 0 atom stereocenters. The van der Waals surface area contributed by atoms with Crippen LogP contribution in [0.2, 0.25) is 0 Å². The average Bonchev–Trinajstić information content (AvgIpc) is 2.45. The van der Waals surface area contributed by atoms with Crippen molar-refractivity contribution in [3.8, 4) is 0 Å². The Balaban J connectivity index is -0.000000372. The molecule has 9 heteroatoms. The van der Waals surface area contributed by atoms with Crippen LogP contribution in [0.4, 0.5) is 0 Å². The Kier molecular flexibility index (Phi) is 24.3. The van der Waals surface area contributed by atoms with E-state index in [2.05, 4.69) is 13.8 Å². The van der Waals surface area contributed by atoms with Gasteiger partial charge in [0.25, 0.3) is 0 Å². The van der Waals surface area contributed by atoms with Crippen LogP contribution in [0.15, 0.2) is 0 Å². The van der Waals surface area contributed by atoms with Crippen molar-refractivity contribution in [1.29, 1.82) is 0 Å². The van der Waals surface area contributed by atoms with E-state index >= 15 is 0 Å². The van der Waals surface area contributed by atoms with E-state index in [1.807, 2.05) is 0 Å². The minimum absolute atomic E-state index is 0. The summed E-state index contributed by atoms with van der Waals surface area (Å²) in [6.45, 7) is 4.26. The minimum atomic E-state index is -4.22. The van der Waals surface area contributed by atoms with Gasteiger partial charge in [-0.2, -0.15) is 0 Å². The normalized spacial score (nSPS) is 11.4. The van der Waals surface area contributed by atoms with E-state index in [1.54, 1.807) is 0 Å². The van der Waals surface area contributed by atoms with Crippen LogP contribution in [0.5, 0.6) is 0 Å². The van der Waals surface area contributed by atoms with Gasteiger partial charge < -0.3 is 28.7 Å². The molecule has 0 bridgehead atoms. The smallest absolute Gasteiger partial charge is 0.811 e. The van der Waals surface area contributed by atoms with Crippen LogP contribution in [0.25, 0.3) is 0 Å². The second-order valence-electron chi connectivity index (χ2n) is 6.20. The maximum atomic E-state index is 10.2. The maximum Gasteiger partial charge on any atom is 4.00 e. The van der Waals surface area contributed by atoms with Gasteiger partial charge in [-0.1, -0.05) is 93.2 Å². The van der Waals surface area contributed by atoms with Crippen molar-refractivity contribution in [2.24, 2.45) is 0 Å². The summed E-state index contributed by atoms with van der Waals surface area (Å²) >= 11 is 0. The molecule has 25 heavy (non-hydrogen) atoms. The standard InChI is InChI=1S/2C8H19O3P.Ti/c2*1-2-3-4-5-6-7-8-12(9,10)11;/h2*2-8H2,1H3,(H2,9,10,11);/q;;+4/p-4. The van der Waals surface area contributed by atoms with Crippen molar-refractivity contribution in [3.63, 3.8) is 0 Å². The molecule has 0 aromatic heterocycles. The zero-order valence-electron chi connectivity index (χ0n) is 15.7. The summed E-state index contributed by atoms with van der Waals surface area (Å²) in [6, 6.07) is 0. The van der Waals surface area contributed by atoms with Gasteiger partial charge in [0.05, 0.1) is 0 Å². The van der Waals surface area contributed by atoms with E-state index in [0.29, 0.717) is 12.8 Å².